The van der Waals surface area contributed by atoms with Crippen molar-refractivity contribution in [3.8, 4) is 0 Å². The van der Waals surface area contributed by atoms with Gasteiger partial charge in [0.2, 0.25) is 15.9 Å². The molecule has 8 nitrogen and oxygen atoms in total. The van der Waals surface area contributed by atoms with Crippen LogP contribution in [-0.4, -0.2) is 57.0 Å². The number of carbonyl (C=O) groups excluding carboxylic acids is 2. The van der Waals surface area contributed by atoms with E-state index in [0.717, 1.165) is 30.7 Å². The number of amides is 2. The van der Waals surface area contributed by atoms with Crippen LogP contribution in [0.5, 0.6) is 0 Å². The summed E-state index contributed by atoms with van der Waals surface area (Å²) in [5, 5.41) is 5.46. The third-order valence-corrected chi connectivity index (χ3v) is 8.19. The fourth-order valence-electron chi connectivity index (χ4n) is 4.61. The Hall–Kier alpha value is -2.34. The standard InChI is InChI=1S/C21H28F3N3O5S/c1-3-4-18(26-20(29)32-2)19(28)25-17-10-5-13-11-27(12-16(13)17)33(30,31)15-8-6-14(7-9-15)21(22,23)24/h6-9,13,16-18H,3-5,10-12H2,1-2H3,(H,25,28)(H,26,29)/t13-,16+,17+,18-/m0/s1. The van der Waals surface area contributed by atoms with Gasteiger partial charge in [0, 0.05) is 19.1 Å². The monoisotopic (exact) mass is 491 g/mol. The maximum atomic E-state index is 13.0. The molecule has 0 radical (unpaired) electrons. The number of nitrogens with one attached hydrogen (secondary N) is 2. The van der Waals surface area contributed by atoms with Crippen molar-refractivity contribution in [2.45, 2.75) is 55.8 Å². The fourth-order valence-corrected chi connectivity index (χ4v) is 6.14. The summed E-state index contributed by atoms with van der Waals surface area (Å²) >= 11 is 0. The van der Waals surface area contributed by atoms with Crippen molar-refractivity contribution < 1.29 is 35.9 Å². The molecule has 1 aromatic rings. The largest absolute Gasteiger partial charge is 0.453 e. The summed E-state index contributed by atoms with van der Waals surface area (Å²) in [5.74, 6) is -0.423. The van der Waals surface area contributed by atoms with Crippen LogP contribution >= 0.6 is 0 Å². The summed E-state index contributed by atoms with van der Waals surface area (Å²) in [6.45, 7) is 2.30. The molecule has 0 unspecified atom stereocenters. The second-order valence-electron chi connectivity index (χ2n) is 8.44. The number of ether oxygens (including phenoxy) is 1. The third-order valence-electron chi connectivity index (χ3n) is 6.34. The summed E-state index contributed by atoms with van der Waals surface area (Å²) in [4.78, 5) is 24.1. The third kappa shape index (κ3) is 5.60. The SMILES string of the molecule is CCC[C@H](NC(=O)OC)C(=O)N[C@@H]1CC[C@H]2CN(S(=O)(=O)c3ccc(C(F)(F)F)cc3)C[C@H]21. The second kappa shape index (κ2) is 9.88. The van der Waals surface area contributed by atoms with Crippen LogP contribution in [0.2, 0.25) is 0 Å². The lowest BCUT2D eigenvalue weighted by molar-refractivity contribution is -0.137. The number of hydrogen-bond acceptors (Lipinski definition) is 5. The smallest absolute Gasteiger partial charge is 0.416 e. The van der Waals surface area contributed by atoms with Gasteiger partial charge < -0.3 is 15.4 Å². The number of hydrogen-bond donors (Lipinski definition) is 2. The van der Waals surface area contributed by atoms with Crippen LogP contribution in [0.3, 0.4) is 0 Å². The zero-order valence-electron chi connectivity index (χ0n) is 18.4. The highest BCUT2D eigenvalue weighted by Crippen LogP contribution is 2.40. The number of fused-ring (bicyclic) bond motifs is 1. The molecule has 1 aliphatic heterocycles. The van der Waals surface area contributed by atoms with E-state index >= 15 is 0 Å². The zero-order valence-corrected chi connectivity index (χ0v) is 19.2. The Balaban J connectivity index is 1.67. The van der Waals surface area contributed by atoms with Crippen molar-refractivity contribution in [3.05, 3.63) is 29.8 Å². The van der Waals surface area contributed by atoms with Crippen LogP contribution in [0.1, 0.15) is 38.2 Å². The van der Waals surface area contributed by atoms with Crippen LogP contribution in [0, 0.1) is 11.8 Å². The van der Waals surface area contributed by atoms with E-state index < -0.39 is 33.9 Å². The summed E-state index contributed by atoms with van der Waals surface area (Å²) in [5.41, 5.74) is -0.912. The summed E-state index contributed by atoms with van der Waals surface area (Å²) in [6, 6.07) is 2.45. The highest BCUT2D eigenvalue weighted by Gasteiger charge is 2.47. The van der Waals surface area contributed by atoms with Crippen LogP contribution < -0.4 is 10.6 Å². The Morgan fingerprint density at radius 2 is 1.85 bits per heavy atom. The number of methoxy groups -OCH3 is 1. The normalized spacial score (nSPS) is 24.2. The minimum Gasteiger partial charge on any atom is -0.453 e. The van der Waals surface area contributed by atoms with E-state index in [0.29, 0.717) is 19.3 Å². The maximum absolute atomic E-state index is 13.0. The number of benzene rings is 1. The minimum atomic E-state index is -4.54. The molecular formula is C21H28F3N3O5S. The van der Waals surface area contributed by atoms with Gasteiger partial charge in [0.25, 0.3) is 0 Å². The molecule has 2 fully saturated rings. The number of nitrogens with zero attached hydrogens (tertiary/aromatic N) is 1. The van der Waals surface area contributed by atoms with Crippen molar-refractivity contribution in [1.82, 2.24) is 14.9 Å². The van der Waals surface area contributed by atoms with E-state index in [1.54, 1.807) is 0 Å². The van der Waals surface area contributed by atoms with Gasteiger partial charge in [0.15, 0.2) is 0 Å². The van der Waals surface area contributed by atoms with Crippen molar-refractivity contribution >= 4 is 22.0 Å². The molecule has 0 aromatic heterocycles. The van der Waals surface area contributed by atoms with Gasteiger partial charge in [0.1, 0.15) is 6.04 Å². The number of halogens is 3. The molecule has 184 valence electrons. The predicted molar refractivity (Wildman–Crippen MR) is 113 cm³/mol. The van der Waals surface area contributed by atoms with Crippen molar-refractivity contribution in [2.24, 2.45) is 11.8 Å². The number of alkyl carbamates (subject to hydrolysis) is 1. The van der Waals surface area contributed by atoms with Crippen LogP contribution in [0.25, 0.3) is 0 Å². The number of carbonyl (C=O) groups is 2. The van der Waals surface area contributed by atoms with E-state index in [1.807, 2.05) is 6.92 Å². The number of alkyl halides is 3. The molecule has 0 spiro atoms. The van der Waals surface area contributed by atoms with Crippen LogP contribution in [0.15, 0.2) is 29.2 Å². The first kappa shape index (κ1) is 25.3. The first-order valence-corrected chi connectivity index (χ1v) is 12.2. The lowest BCUT2D eigenvalue weighted by Gasteiger charge is -2.24. The zero-order chi connectivity index (χ0) is 24.4. The molecule has 2 aliphatic rings. The highest BCUT2D eigenvalue weighted by atomic mass is 32.2. The lowest BCUT2D eigenvalue weighted by Crippen LogP contribution is -2.51. The Kier molecular flexibility index (Phi) is 7.57. The molecule has 1 aromatic carbocycles. The topological polar surface area (TPSA) is 105 Å². The summed E-state index contributed by atoms with van der Waals surface area (Å²) in [7, 11) is -2.75. The van der Waals surface area contributed by atoms with Crippen molar-refractivity contribution in [3.63, 3.8) is 0 Å². The van der Waals surface area contributed by atoms with E-state index in [1.165, 1.54) is 11.4 Å². The van der Waals surface area contributed by atoms with E-state index in [9.17, 15) is 31.2 Å². The molecule has 1 saturated heterocycles. The van der Waals surface area contributed by atoms with E-state index in [4.69, 9.17) is 0 Å². The number of rotatable bonds is 7. The molecule has 1 aliphatic carbocycles. The van der Waals surface area contributed by atoms with Gasteiger partial charge in [-0.3, -0.25) is 4.79 Å². The van der Waals surface area contributed by atoms with E-state index in [2.05, 4.69) is 15.4 Å². The quantitative estimate of drug-likeness (QED) is 0.610. The molecular weight excluding hydrogens is 463 g/mol. The van der Waals surface area contributed by atoms with Gasteiger partial charge in [-0.2, -0.15) is 17.5 Å². The fraction of sp³-hybridized carbons (Fsp3) is 0.619. The molecule has 3 rings (SSSR count). The average Bonchev–Trinajstić information content (AvgIpc) is 3.35. The Bertz CT molecular complexity index is 968. The van der Waals surface area contributed by atoms with E-state index in [-0.39, 0.29) is 41.8 Å². The van der Waals surface area contributed by atoms with Crippen molar-refractivity contribution in [1.29, 1.82) is 0 Å². The molecule has 2 amide bonds. The van der Waals surface area contributed by atoms with Gasteiger partial charge >= 0.3 is 12.3 Å². The summed E-state index contributed by atoms with van der Waals surface area (Å²) in [6.07, 6.45) is -2.75. The second-order valence-corrected chi connectivity index (χ2v) is 10.4. The predicted octanol–water partition coefficient (Wildman–Crippen LogP) is 2.75. The van der Waals surface area contributed by atoms with Crippen LogP contribution in [0.4, 0.5) is 18.0 Å². The first-order valence-electron chi connectivity index (χ1n) is 10.8. The molecule has 33 heavy (non-hydrogen) atoms. The average molecular weight is 492 g/mol. The maximum Gasteiger partial charge on any atom is 0.416 e. The molecule has 12 heteroatoms. The van der Waals surface area contributed by atoms with Gasteiger partial charge in [-0.05, 0) is 55.4 Å². The first-order chi connectivity index (χ1) is 15.5. The Morgan fingerprint density at radius 3 is 2.42 bits per heavy atom. The van der Waals surface area contributed by atoms with Crippen LogP contribution in [-0.2, 0) is 25.7 Å². The Morgan fingerprint density at radius 1 is 1.18 bits per heavy atom. The van der Waals surface area contributed by atoms with Gasteiger partial charge in [-0.25, -0.2) is 13.2 Å². The molecule has 2 N–H and O–H groups in total. The van der Waals surface area contributed by atoms with Gasteiger partial charge in [0.05, 0.1) is 17.6 Å². The molecule has 1 saturated carbocycles. The van der Waals surface area contributed by atoms with Gasteiger partial charge in [-0.15, -0.1) is 0 Å². The Labute approximate surface area is 190 Å². The minimum absolute atomic E-state index is 0.0396. The molecule has 0 bridgehead atoms. The molecule has 4 atom stereocenters. The highest BCUT2D eigenvalue weighted by molar-refractivity contribution is 7.89. The lowest BCUT2D eigenvalue weighted by atomic mass is 9.97. The van der Waals surface area contributed by atoms with Gasteiger partial charge in [-0.1, -0.05) is 13.3 Å². The van der Waals surface area contributed by atoms with Crippen molar-refractivity contribution in [2.75, 3.05) is 20.2 Å². The number of sulfonamides is 1. The summed E-state index contributed by atoms with van der Waals surface area (Å²) < 4.78 is 70.2. The molecule has 1 heterocycles.